The van der Waals surface area contributed by atoms with Gasteiger partial charge in [0.05, 0.1) is 6.26 Å². The van der Waals surface area contributed by atoms with Gasteiger partial charge in [0.15, 0.2) is 0 Å². The molecule has 0 unspecified atom stereocenters. The smallest absolute Gasteiger partial charge is 0.272 e. The third-order valence-electron chi connectivity index (χ3n) is 3.31. The molecule has 0 radical (unpaired) electrons. The average molecular weight is 335 g/mol. The molecule has 3 nitrogen and oxygen atoms in total. The van der Waals surface area contributed by atoms with Crippen molar-refractivity contribution in [2.45, 2.75) is 40.5 Å². The lowest BCUT2D eigenvalue weighted by Gasteiger charge is -2.17. The van der Waals surface area contributed by atoms with Crippen LogP contribution in [0.25, 0.3) is 5.57 Å². The van der Waals surface area contributed by atoms with Crippen LogP contribution in [0.1, 0.15) is 40.4 Å². The molecule has 0 bridgehead atoms. The zero-order valence-corrected chi connectivity index (χ0v) is 14.7. The van der Waals surface area contributed by atoms with Crippen LogP contribution in [0.3, 0.4) is 0 Å². The molecule has 0 aliphatic rings. The first-order chi connectivity index (χ1) is 11.1. The van der Waals surface area contributed by atoms with Crippen LogP contribution in [0.15, 0.2) is 69.1 Å². The highest BCUT2D eigenvalue weighted by molar-refractivity contribution is 6.02. The average Bonchev–Trinajstić information content (AvgIpc) is 2.97. The highest BCUT2D eigenvalue weighted by Gasteiger charge is 2.30. The van der Waals surface area contributed by atoms with E-state index in [0.29, 0.717) is 16.9 Å². The van der Waals surface area contributed by atoms with Crippen molar-refractivity contribution in [2.75, 3.05) is 0 Å². The summed E-state index contributed by atoms with van der Waals surface area (Å²) < 4.78 is 33.5. The molecule has 0 aliphatic heterocycles. The summed E-state index contributed by atoms with van der Waals surface area (Å²) in [6.07, 6.45) is 4.51. The zero-order chi connectivity index (χ0) is 18.5. The number of halogens is 2. The van der Waals surface area contributed by atoms with Crippen LogP contribution in [-0.2, 0) is 0 Å². The molecule has 0 saturated heterocycles. The number of aliphatic imine (C=N–C) groups is 1. The predicted molar refractivity (Wildman–Crippen MR) is 94.3 cm³/mol. The summed E-state index contributed by atoms with van der Waals surface area (Å²) in [7, 11) is 0. The largest absolute Gasteiger partial charge is 0.510 e. The van der Waals surface area contributed by atoms with E-state index in [9.17, 15) is 13.9 Å². The molecule has 5 heteroatoms. The van der Waals surface area contributed by atoms with Crippen molar-refractivity contribution in [3.63, 3.8) is 0 Å². The lowest BCUT2D eigenvalue weighted by atomic mass is 10.0. The molecule has 0 aromatic carbocycles. The molecular weight excluding hydrogens is 312 g/mol. The summed E-state index contributed by atoms with van der Waals surface area (Å²) in [5.74, 6) is -2.70. The highest BCUT2D eigenvalue weighted by Crippen LogP contribution is 2.29. The van der Waals surface area contributed by atoms with E-state index in [0.717, 1.165) is 6.92 Å². The van der Waals surface area contributed by atoms with Crippen molar-refractivity contribution in [1.29, 1.82) is 0 Å². The minimum atomic E-state index is -3.11. The molecule has 0 saturated carbocycles. The van der Waals surface area contributed by atoms with Gasteiger partial charge in [0.25, 0.3) is 5.92 Å². The Balaban J connectivity index is 3.46. The quantitative estimate of drug-likeness (QED) is 0.388. The number of nitrogens with zero attached hydrogens (tertiary/aromatic N) is 1. The number of allylic oxidation sites excluding steroid dienone is 6. The SMILES string of the molecule is C=C(C)C(/N=C(C)/C(=C\C(=C/C)c1ccco1)C(C)(F)F)=C(/C)O. The van der Waals surface area contributed by atoms with Gasteiger partial charge >= 0.3 is 0 Å². The Morgan fingerprint density at radius 2 is 1.96 bits per heavy atom. The topological polar surface area (TPSA) is 45.7 Å². The van der Waals surface area contributed by atoms with Crippen LogP contribution in [0.5, 0.6) is 0 Å². The Labute approximate surface area is 141 Å². The van der Waals surface area contributed by atoms with Gasteiger partial charge in [-0.3, -0.25) is 0 Å². The van der Waals surface area contributed by atoms with Crippen molar-refractivity contribution in [3.05, 3.63) is 65.5 Å². The van der Waals surface area contributed by atoms with Gasteiger partial charge in [0.2, 0.25) is 0 Å². The third-order valence-corrected chi connectivity index (χ3v) is 3.31. The van der Waals surface area contributed by atoms with Gasteiger partial charge < -0.3 is 9.52 Å². The fourth-order valence-corrected chi connectivity index (χ4v) is 2.16. The number of furan rings is 1. The van der Waals surface area contributed by atoms with Crippen molar-refractivity contribution in [1.82, 2.24) is 0 Å². The van der Waals surface area contributed by atoms with Crippen LogP contribution in [0.2, 0.25) is 0 Å². The second kappa shape index (κ2) is 7.90. The Morgan fingerprint density at radius 1 is 1.33 bits per heavy atom. The fourth-order valence-electron chi connectivity index (χ4n) is 2.16. The first kappa shape index (κ1) is 19.6. The zero-order valence-electron chi connectivity index (χ0n) is 14.7. The second-order valence-electron chi connectivity index (χ2n) is 5.58. The number of rotatable bonds is 6. The Kier molecular flexibility index (Phi) is 6.46. The molecule has 0 amide bonds. The number of hydrogen-bond donors (Lipinski definition) is 1. The van der Waals surface area contributed by atoms with E-state index in [1.54, 1.807) is 32.1 Å². The lowest BCUT2D eigenvalue weighted by Crippen LogP contribution is -2.20. The van der Waals surface area contributed by atoms with Gasteiger partial charge in [-0.2, -0.15) is 0 Å². The lowest BCUT2D eigenvalue weighted by molar-refractivity contribution is 0.0701. The molecule has 1 heterocycles. The second-order valence-corrected chi connectivity index (χ2v) is 5.58. The van der Waals surface area contributed by atoms with Gasteiger partial charge in [0, 0.05) is 23.8 Å². The van der Waals surface area contributed by atoms with Crippen LogP contribution in [0, 0.1) is 0 Å². The summed E-state index contributed by atoms with van der Waals surface area (Å²) in [6, 6.07) is 3.38. The highest BCUT2D eigenvalue weighted by atomic mass is 19.3. The molecule has 24 heavy (non-hydrogen) atoms. The first-order valence-corrected chi connectivity index (χ1v) is 7.49. The molecule has 1 aromatic heterocycles. The summed E-state index contributed by atoms with van der Waals surface area (Å²) in [6.45, 7) is 10.8. The molecule has 0 spiro atoms. The first-order valence-electron chi connectivity index (χ1n) is 7.49. The van der Waals surface area contributed by atoms with E-state index < -0.39 is 5.92 Å². The van der Waals surface area contributed by atoms with E-state index in [1.165, 1.54) is 26.2 Å². The Morgan fingerprint density at radius 3 is 2.33 bits per heavy atom. The normalized spacial score (nSPS) is 15.4. The molecule has 0 fully saturated rings. The van der Waals surface area contributed by atoms with Gasteiger partial charge in [-0.25, -0.2) is 13.8 Å². The number of aliphatic hydroxyl groups excluding tert-OH is 1. The number of hydrogen-bond acceptors (Lipinski definition) is 3. The Hall–Kier alpha value is -2.43. The molecule has 1 rings (SSSR count). The number of aliphatic hydroxyl groups is 1. The third kappa shape index (κ3) is 5.05. The summed E-state index contributed by atoms with van der Waals surface area (Å²) >= 11 is 0. The maximum absolute atomic E-state index is 14.1. The van der Waals surface area contributed by atoms with E-state index >= 15 is 0 Å². The van der Waals surface area contributed by atoms with E-state index in [4.69, 9.17) is 4.42 Å². The Bertz CT molecular complexity index is 711. The summed E-state index contributed by atoms with van der Waals surface area (Å²) in [5.41, 5.74) is 1.05. The molecular formula is C19H23F2NO2. The minimum absolute atomic E-state index is 0.0714. The van der Waals surface area contributed by atoms with E-state index in [1.807, 2.05) is 0 Å². The van der Waals surface area contributed by atoms with Crippen LogP contribution >= 0.6 is 0 Å². The fraction of sp³-hybridized carbons (Fsp3) is 0.316. The van der Waals surface area contributed by atoms with Gasteiger partial charge in [0.1, 0.15) is 17.2 Å². The van der Waals surface area contributed by atoms with E-state index in [-0.39, 0.29) is 22.7 Å². The molecule has 1 N–H and O–H groups in total. The van der Waals surface area contributed by atoms with Gasteiger partial charge in [-0.05, 0) is 51.5 Å². The van der Waals surface area contributed by atoms with Crippen molar-refractivity contribution in [2.24, 2.45) is 4.99 Å². The number of alkyl halides is 2. The van der Waals surface area contributed by atoms with Crippen molar-refractivity contribution in [3.8, 4) is 0 Å². The van der Waals surface area contributed by atoms with Crippen molar-refractivity contribution < 1.29 is 18.3 Å². The monoisotopic (exact) mass is 335 g/mol. The summed E-state index contributed by atoms with van der Waals surface area (Å²) in [5, 5.41) is 9.67. The van der Waals surface area contributed by atoms with Crippen molar-refractivity contribution >= 4 is 11.3 Å². The van der Waals surface area contributed by atoms with Gasteiger partial charge in [-0.1, -0.05) is 12.7 Å². The van der Waals surface area contributed by atoms with Gasteiger partial charge in [-0.15, -0.1) is 0 Å². The molecule has 130 valence electrons. The maximum atomic E-state index is 14.1. The minimum Gasteiger partial charge on any atom is -0.510 e. The molecule has 1 aromatic rings. The van der Waals surface area contributed by atoms with Crippen LogP contribution < -0.4 is 0 Å². The maximum Gasteiger partial charge on any atom is 0.272 e. The molecule has 0 atom stereocenters. The van der Waals surface area contributed by atoms with Crippen LogP contribution in [-0.4, -0.2) is 16.7 Å². The molecule has 0 aliphatic carbocycles. The van der Waals surface area contributed by atoms with E-state index in [2.05, 4.69) is 11.6 Å². The van der Waals surface area contributed by atoms with Crippen LogP contribution in [0.4, 0.5) is 8.78 Å². The standard InChI is InChI=1S/C19H23F2NO2/c1-7-15(17-9-8-10-24-17)11-16(19(6,20)21)13(4)22-18(12(2)3)14(5)23/h7-11,23H,2H2,1,3-6H3/b15-7+,16-11+,18-14+,22-13+. The predicted octanol–water partition coefficient (Wildman–Crippen LogP) is 6.09. The summed E-state index contributed by atoms with van der Waals surface area (Å²) in [4.78, 5) is 4.15.